The third-order valence-corrected chi connectivity index (χ3v) is 2.32. The fourth-order valence-electron chi connectivity index (χ4n) is 1.34. The van der Waals surface area contributed by atoms with Crippen molar-refractivity contribution in [3.05, 3.63) is 29.8 Å². The van der Waals surface area contributed by atoms with Gasteiger partial charge in [-0.15, -0.1) is 0 Å². The van der Waals surface area contributed by atoms with Gasteiger partial charge in [-0.2, -0.15) is 0 Å². The Morgan fingerprint density at radius 3 is 2.65 bits per heavy atom. The van der Waals surface area contributed by atoms with Crippen LogP contribution in [0, 0.1) is 0 Å². The highest BCUT2D eigenvalue weighted by molar-refractivity contribution is 5.33. The minimum absolute atomic E-state index is 0.106. The molecule has 17 heavy (non-hydrogen) atoms. The van der Waals surface area contributed by atoms with Crippen molar-refractivity contribution >= 4 is 0 Å². The van der Waals surface area contributed by atoms with Crippen LogP contribution in [0.4, 0.5) is 0 Å². The van der Waals surface area contributed by atoms with Gasteiger partial charge in [-0.25, -0.2) is 0 Å². The monoisotopic (exact) mass is 239 g/mol. The Kier molecular flexibility index (Phi) is 5.97. The van der Waals surface area contributed by atoms with E-state index in [-0.39, 0.29) is 13.2 Å². The van der Waals surface area contributed by atoms with Gasteiger partial charge in [0.05, 0.1) is 6.61 Å². The maximum atomic E-state index is 9.24. The molecular formula is C13H21NO3. The molecule has 1 aromatic carbocycles. The lowest BCUT2D eigenvalue weighted by atomic mass is 10.2. The summed E-state index contributed by atoms with van der Waals surface area (Å²) in [6, 6.07) is 8.09. The normalized spacial score (nSPS) is 12.8. The van der Waals surface area contributed by atoms with Gasteiger partial charge in [0.15, 0.2) is 0 Å². The van der Waals surface area contributed by atoms with Crippen LogP contribution in [0.15, 0.2) is 24.3 Å². The van der Waals surface area contributed by atoms with Crippen LogP contribution in [0.3, 0.4) is 0 Å². The number of rotatable bonds is 7. The number of ether oxygens (including phenoxy) is 1. The van der Waals surface area contributed by atoms with Crippen molar-refractivity contribution < 1.29 is 14.9 Å². The third-order valence-electron chi connectivity index (χ3n) is 2.32. The number of nitrogens with one attached hydrogen (secondary N) is 1. The Bertz CT molecular complexity index is 328. The van der Waals surface area contributed by atoms with E-state index in [4.69, 9.17) is 9.84 Å². The molecule has 4 nitrogen and oxygen atoms in total. The summed E-state index contributed by atoms with van der Waals surface area (Å²) < 4.78 is 5.47. The molecule has 0 saturated heterocycles. The largest absolute Gasteiger partial charge is 0.490 e. The molecule has 0 amide bonds. The van der Waals surface area contributed by atoms with Crippen LogP contribution in [-0.2, 0) is 6.54 Å². The van der Waals surface area contributed by atoms with Crippen molar-refractivity contribution in [2.75, 3.05) is 13.2 Å². The summed E-state index contributed by atoms with van der Waals surface area (Å²) in [7, 11) is 0. The van der Waals surface area contributed by atoms with E-state index in [2.05, 4.69) is 19.2 Å². The smallest absolute Gasteiger partial charge is 0.123 e. The molecule has 0 bridgehead atoms. The van der Waals surface area contributed by atoms with E-state index in [0.29, 0.717) is 6.04 Å². The van der Waals surface area contributed by atoms with Crippen LogP contribution < -0.4 is 10.1 Å². The van der Waals surface area contributed by atoms with Gasteiger partial charge in [-0.1, -0.05) is 32.0 Å². The summed E-state index contributed by atoms with van der Waals surface area (Å²) in [5, 5.41) is 21.3. The van der Waals surface area contributed by atoms with Crippen LogP contribution in [0.5, 0.6) is 5.75 Å². The van der Waals surface area contributed by atoms with E-state index < -0.39 is 6.10 Å². The second kappa shape index (κ2) is 7.27. The highest BCUT2D eigenvalue weighted by Crippen LogP contribution is 2.18. The SMILES string of the molecule is CC(C)NCc1ccccc1OCC(O)CO. The molecule has 0 fully saturated rings. The molecule has 0 aliphatic rings. The highest BCUT2D eigenvalue weighted by atomic mass is 16.5. The van der Waals surface area contributed by atoms with Gasteiger partial charge in [0, 0.05) is 18.2 Å². The summed E-state index contributed by atoms with van der Waals surface area (Å²) in [6.07, 6.45) is -0.832. The Balaban J connectivity index is 2.57. The summed E-state index contributed by atoms with van der Waals surface area (Å²) >= 11 is 0. The molecule has 1 unspecified atom stereocenters. The maximum Gasteiger partial charge on any atom is 0.123 e. The average Bonchev–Trinajstić information content (AvgIpc) is 2.34. The van der Waals surface area contributed by atoms with Gasteiger partial charge in [0.25, 0.3) is 0 Å². The molecule has 1 aromatic rings. The van der Waals surface area contributed by atoms with E-state index in [1.165, 1.54) is 0 Å². The summed E-state index contributed by atoms with van der Waals surface area (Å²) in [6.45, 7) is 4.71. The lowest BCUT2D eigenvalue weighted by molar-refractivity contribution is 0.0532. The third kappa shape index (κ3) is 5.17. The first-order chi connectivity index (χ1) is 8.13. The van der Waals surface area contributed by atoms with Crippen molar-refractivity contribution in [2.45, 2.75) is 32.5 Å². The summed E-state index contributed by atoms with van der Waals surface area (Å²) in [4.78, 5) is 0. The van der Waals surface area contributed by atoms with Gasteiger partial charge in [0.1, 0.15) is 18.5 Å². The van der Waals surface area contributed by atoms with Crippen LogP contribution in [0.1, 0.15) is 19.4 Å². The number of hydrogen-bond donors (Lipinski definition) is 3. The predicted octanol–water partition coefficient (Wildman–Crippen LogP) is 0.917. The second-order valence-electron chi connectivity index (χ2n) is 4.29. The molecule has 1 rings (SSSR count). The predicted molar refractivity (Wildman–Crippen MR) is 67.0 cm³/mol. The molecule has 0 aromatic heterocycles. The molecule has 0 aliphatic carbocycles. The summed E-state index contributed by atoms with van der Waals surface area (Å²) in [5.41, 5.74) is 1.05. The molecule has 0 heterocycles. The molecular weight excluding hydrogens is 218 g/mol. The first-order valence-corrected chi connectivity index (χ1v) is 5.86. The standard InChI is InChI=1S/C13H21NO3/c1-10(2)14-7-11-5-3-4-6-13(11)17-9-12(16)8-15/h3-6,10,12,14-16H,7-9H2,1-2H3. The Hall–Kier alpha value is -1.10. The average molecular weight is 239 g/mol. The lowest BCUT2D eigenvalue weighted by Gasteiger charge is -2.15. The Labute approximate surface area is 102 Å². The Morgan fingerprint density at radius 2 is 2.00 bits per heavy atom. The minimum Gasteiger partial charge on any atom is -0.490 e. The van der Waals surface area contributed by atoms with Gasteiger partial charge in [-0.05, 0) is 6.07 Å². The molecule has 4 heteroatoms. The number of aliphatic hydroxyl groups is 2. The van der Waals surface area contributed by atoms with Crippen LogP contribution in [0.25, 0.3) is 0 Å². The van der Waals surface area contributed by atoms with Gasteiger partial charge in [-0.3, -0.25) is 0 Å². The fraction of sp³-hybridized carbons (Fsp3) is 0.538. The molecule has 1 atom stereocenters. The highest BCUT2D eigenvalue weighted by Gasteiger charge is 2.07. The zero-order valence-electron chi connectivity index (χ0n) is 10.4. The topological polar surface area (TPSA) is 61.7 Å². The van der Waals surface area contributed by atoms with Crippen molar-refractivity contribution in [3.8, 4) is 5.75 Å². The number of para-hydroxylation sites is 1. The second-order valence-corrected chi connectivity index (χ2v) is 4.29. The number of aliphatic hydroxyl groups excluding tert-OH is 2. The molecule has 0 aliphatic heterocycles. The first kappa shape index (κ1) is 14.0. The first-order valence-electron chi connectivity index (χ1n) is 5.86. The van der Waals surface area contributed by atoms with E-state index in [0.717, 1.165) is 17.9 Å². The number of benzene rings is 1. The minimum atomic E-state index is -0.832. The zero-order chi connectivity index (χ0) is 12.7. The number of hydrogen-bond acceptors (Lipinski definition) is 4. The van der Waals surface area contributed by atoms with Crippen molar-refractivity contribution in [1.82, 2.24) is 5.32 Å². The van der Waals surface area contributed by atoms with Gasteiger partial charge < -0.3 is 20.3 Å². The van der Waals surface area contributed by atoms with Crippen LogP contribution >= 0.6 is 0 Å². The maximum absolute atomic E-state index is 9.24. The van der Waals surface area contributed by atoms with E-state index >= 15 is 0 Å². The Morgan fingerprint density at radius 1 is 1.29 bits per heavy atom. The molecule has 0 spiro atoms. The van der Waals surface area contributed by atoms with Gasteiger partial charge >= 0.3 is 0 Å². The van der Waals surface area contributed by atoms with E-state index in [1.807, 2.05) is 24.3 Å². The van der Waals surface area contributed by atoms with Crippen molar-refractivity contribution in [1.29, 1.82) is 0 Å². The van der Waals surface area contributed by atoms with E-state index in [9.17, 15) is 5.11 Å². The quantitative estimate of drug-likeness (QED) is 0.662. The fourth-order valence-corrected chi connectivity index (χ4v) is 1.34. The van der Waals surface area contributed by atoms with Crippen LogP contribution in [0.2, 0.25) is 0 Å². The van der Waals surface area contributed by atoms with Crippen molar-refractivity contribution in [2.24, 2.45) is 0 Å². The van der Waals surface area contributed by atoms with Gasteiger partial charge in [0.2, 0.25) is 0 Å². The molecule has 96 valence electrons. The summed E-state index contributed by atoms with van der Waals surface area (Å²) in [5.74, 6) is 0.744. The molecule has 0 saturated carbocycles. The van der Waals surface area contributed by atoms with E-state index in [1.54, 1.807) is 0 Å². The molecule has 0 radical (unpaired) electrons. The zero-order valence-corrected chi connectivity index (χ0v) is 10.4. The molecule has 3 N–H and O–H groups in total. The van der Waals surface area contributed by atoms with Crippen LogP contribution in [-0.4, -0.2) is 35.6 Å². The van der Waals surface area contributed by atoms with Crippen molar-refractivity contribution in [3.63, 3.8) is 0 Å². The lowest BCUT2D eigenvalue weighted by Crippen LogP contribution is -2.24.